The van der Waals surface area contributed by atoms with E-state index in [0.717, 1.165) is 26.4 Å². The van der Waals surface area contributed by atoms with Gasteiger partial charge in [0.15, 0.2) is 11.5 Å². The molecule has 156 valence electrons. The van der Waals surface area contributed by atoms with Crippen molar-refractivity contribution in [2.75, 3.05) is 13.4 Å². The number of hydrogen-bond donors (Lipinski definition) is 1. The Morgan fingerprint density at radius 1 is 1.30 bits per heavy atom. The van der Waals surface area contributed by atoms with Crippen molar-refractivity contribution in [3.63, 3.8) is 0 Å². The van der Waals surface area contributed by atoms with Gasteiger partial charge in [-0.15, -0.1) is 11.3 Å². The van der Waals surface area contributed by atoms with Crippen LogP contribution >= 0.6 is 11.3 Å². The quantitative estimate of drug-likeness (QED) is 0.614. The normalized spacial score (nSPS) is 12.9. The molecule has 0 aliphatic carbocycles. The second-order valence-electron chi connectivity index (χ2n) is 6.44. The fourth-order valence-electron chi connectivity index (χ4n) is 2.92. The van der Waals surface area contributed by atoms with E-state index >= 15 is 0 Å². The Balaban J connectivity index is 1.46. The lowest BCUT2D eigenvalue weighted by molar-refractivity contribution is 0.164. The molecule has 30 heavy (non-hydrogen) atoms. The van der Waals surface area contributed by atoms with Crippen LogP contribution in [0.3, 0.4) is 0 Å². The molecule has 0 radical (unpaired) electrons. The van der Waals surface area contributed by atoms with Crippen LogP contribution in [0.5, 0.6) is 11.5 Å². The highest BCUT2D eigenvalue weighted by Gasteiger charge is 2.15. The lowest BCUT2D eigenvalue weighted by Crippen LogP contribution is -2.26. The number of primary amides is 1. The number of hydrogen-bond acceptors (Lipinski definition) is 7. The van der Waals surface area contributed by atoms with Gasteiger partial charge in [-0.05, 0) is 34.7 Å². The summed E-state index contributed by atoms with van der Waals surface area (Å²) >= 11 is 1.51. The summed E-state index contributed by atoms with van der Waals surface area (Å²) in [6.45, 7) is 0.0342. The molecule has 0 atom stereocenters. The lowest BCUT2D eigenvalue weighted by atomic mass is 10.1. The molecule has 3 aromatic rings. The molecule has 0 bridgehead atoms. The van der Waals surface area contributed by atoms with Crippen molar-refractivity contribution in [1.82, 2.24) is 14.3 Å². The van der Waals surface area contributed by atoms with E-state index in [0.29, 0.717) is 12.3 Å². The summed E-state index contributed by atoms with van der Waals surface area (Å²) in [6.07, 6.45) is 0.626. The third-order valence-electron chi connectivity index (χ3n) is 4.39. The minimum Gasteiger partial charge on any atom is -0.454 e. The van der Waals surface area contributed by atoms with Gasteiger partial charge >= 0.3 is 11.8 Å². The second kappa shape index (κ2) is 8.41. The third kappa shape index (κ3) is 4.20. The number of rotatable bonds is 7. The molecular weight excluding hydrogens is 415 g/mol. The predicted molar refractivity (Wildman–Crippen MR) is 106 cm³/mol. The Morgan fingerprint density at radius 2 is 2.13 bits per heavy atom. The highest BCUT2D eigenvalue weighted by atomic mass is 32.1. The van der Waals surface area contributed by atoms with E-state index < -0.39 is 11.8 Å². The van der Waals surface area contributed by atoms with Gasteiger partial charge in [0.2, 0.25) is 6.79 Å². The number of carbonyl (C=O) groups is 1. The van der Waals surface area contributed by atoms with Crippen molar-refractivity contribution >= 4 is 17.4 Å². The highest BCUT2D eigenvalue weighted by molar-refractivity contribution is 7.10. The van der Waals surface area contributed by atoms with Gasteiger partial charge in [0.05, 0.1) is 19.4 Å². The van der Waals surface area contributed by atoms with Crippen LogP contribution in [0.1, 0.15) is 4.88 Å². The fraction of sp³-hybridized carbons (Fsp3) is 0.211. The number of thiophene rings is 1. The molecule has 1 amide bonds. The van der Waals surface area contributed by atoms with Gasteiger partial charge in [-0.2, -0.15) is 5.10 Å². The van der Waals surface area contributed by atoms with Crippen molar-refractivity contribution in [2.45, 2.75) is 13.1 Å². The molecule has 0 saturated carbocycles. The first-order valence-corrected chi connectivity index (χ1v) is 9.71. The van der Waals surface area contributed by atoms with Gasteiger partial charge in [0.25, 0.3) is 0 Å². The monoisotopic (exact) mass is 432 g/mol. The summed E-state index contributed by atoms with van der Waals surface area (Å²) in [5.74, 6) is 1.42. The van der Waals surface area contributed by atoms with Gasteiger partial charge in [0.1, 0.15) is 12.9 Å². The first-order valence-electron chi connectivity index (χ1n) is 8.83. The number of carbonyl (C=O) groups excluding carboxylic acids is 1. The topological polar surface area (TPSA) is 111 Å². The van der Waals surface area contributed by atoms with Crippen molar-refractivity contribution in [3.05, 3.63) is 63.2 Å². The Morgan fingerprint density at radius 3 is 2.93 bits per heavy atom. The smallest absolute Gasteiger partial charge is 0.404 e. The molecule has 9 nitrogen and oxygen atoms in total. The number of benzene rings is 1. The molecule has 0 saturated heterocycles. The zero-order chi connectivity index (χ0) is 21.1. The minimum absolute atomic E-state index is 0.0577. The van der Waals surface area contributed by atoms with Gasteiger partial charge in [0, 0.05) is 10.5 Å². The number of amides is 1. The van der Waals surface area contributed by atoms with E-state index in [4.69, 9.17) is 15.2 Å². The molecule has 0 unspecified atom stereocenters. The van der Waals surface area contributed by atoms with E-state index in [9.17, 15) is 14.0 Å². The first-order chi connectivity index (χ1) is 14.5. The molecule has 0 spiro atoms. The molecule has 4 rings (SSSR count). The molecule has 11 heteroatoms. The van der Waals surface area contributed by atoms with E-state index in [1.165, 1.54) is 22.2 Å². The Kier molecular flexibility index (Phi) is 5.53. The minimum atomic E-state index is -1.02. The van der Waals surface area contributed by atoms with Crippen LogP contribution in [-0.2, 0) is 17.8 Å². The van der Waals surface area contributed by atoms with Crippen LogP contribution in [-0.4, -0.2) is 33.8 Å². The maximum Gasteiger partial charge on any atom is 0.404 e. The summed E-state index contributed by atoms with van der Waals surface area (Å²) < 4.78 is 30.8. The van der Waals surface area contributed by atoms with Crippen LogP contribution in [0.25, 0.3) is 11.1 Å². The zero-order valence-electron chi connectivity index (χ0n) is 15.6. The average Bonchev–Trinajstić information content (AvgIpc) is 3.46. The van der Waals surface area contributed by atoms with Crippen molar-refractivity contribution in [2.24, 2.45) is 5.73 Å². The number of nitrogens with two attached hydrogens (primary N) is 1. The highest BCUT2D eigenvalue weighted by Crippen LogP contribution is 2.37. The standard InChI is InChI=1S/C19H17FN4O5S/c20-5-12(8-27-18(21)25)6-24-19(26)23(10-22-24)7-15-3-14(9-30-15)13-1-2-16-17(4-13)29-11-28-16/h1-5,9-10H,6-8,11H2,(H2,21,25). The van der Waals surface area contributed by atoms with Crippen molar-refractivity contribution < 1.29 is 23.4 Å². The number of halogens is 1. The molecular formula is C19H17FN4O5S. The number of nitrogens with zero attached hydrogens (tertiary/aromatic N) is 3. The van der Waals surface area contributed by atoms with E-state index in [2.05, 4.69) is 9.84 Å². The average molecular weight is 432 g/mol. The Bertz CT molecular complexity index is 1170. The Hall–Kier alpha value is -3.60. The molecule has 1 aromatic carbocycles. The largest absolute Gasteiger partial charge is 0.454 e. The van der Waals surface area contributed by atoms with Gasteiger partial charge < -0.3 is 19.9 Å². The number of aromatic nitrogens is 3. The molecule has 3 heterocycles. The van der Waals surface area contributed by atoms with Gasteiger partial charge in [-0.25, -0.2) is 18.7 Å². The first kappa shape index (κ1) is 19.7. The summed E-state index contributed by atoms with van der Waals surface area (Å²) in [5, 5.41) is 5.99. The van der Waals surface area contributed by atoms with Gasteiger partial charge in [-0.1, -0.05) is 6.07 Å². The molecule has 2 N–H and O–H groups in total. The third-order valence-corrected chi connectivity index (χ3v) is 5.31. The summed E-state index contributed by atoms with van der Waals surface area (Å²) in [7, 11) is 0. The van der Waals surface area contributed by atoms with Crippen molar-refractivity contribution in [3.8, 4) is 22.6 Å². The van der Waals surface area contributed by atoms with Crippen molar-refractivity contribution in [1.29, 1.82) is 0 Å². The van der Waals surface area contributed by atoms with Gasteiger partial charge in [-0.3, -0.25) is 4.57 Å². The van der Waals surface area contributed by atoms with E-state index in [1.54, 1.807) is 0 Å². The SMILES string of the molecule is NC(=O)OCC(=CF)Cn1ncn(Cc2cc(-c3ccc4c(c3)OCO4)cs2)c1=O. The fourth-order valence-corrected chi connectivity index (χ4v) is 3.81. The predicted octanol–water partition coefficient (Wildman–Crippen LogP) is 2.50. The zero-order valence-corrected chi connectivity index (χ0v) is 16.4. The van der Waals surface area contributed by atoms with Crippen LogP contribution < -0.4 is 20.9 Å². The van der Waals surface area contributed by atoms with E-state index in [1.807, 2.05) is 29.6 Å². The van der Waals surface area contributed by atoms with Crippen LogP contribution in [0, 0.1) is 0 Å². The maximum atomic E-state index is 13.0. The van der Waals surface area contributed by atoms with Crippen LogP contribution in [0.15, 0.2) is 52.7 Å². The maximum absolute atomic E-state index is 13.0. The molecule has 1 aliphatic heterocycles. The summed E-state index contributed by atoms with van der Waals surface area (Å²) in [4.78, 5) is 24.1. The van der Waals surface area contributed by atoms with Crippen LogP contribution in [0.4, 0.5) is 9.18 Å². The Labute approximate surface area is 173 Å². The van der Waals surface area contributed by atoms with E-state index in [-0.39, 0.29) is 31.8 Å². The summed E-state index contributed by atoms with van der Waals surface area (Å²) in [6, 6.07) is 7.71. The van der Waals surface area contributed by atoms with Crippen LogP contribution in [0.2, 0.25) is 0 Å². The lowest BCUT2D eigenvalue weighted by Gasteiger charge is -2.05. The molecule has 2 aromatic heterocycles. The molecule has 1 aliphatic rings. The summed E-state index contributed by atoms with van der Waals surface area (Å²) in [5.41, 5.74) is 6.50. The number of ether oxygens (including phenoxy) is 3. The molecule has 0 fully saturated rings. The number of fused-ring (bicyclic) bond motifs is 1. The second-order valence-corrected chi connectivity index (χ2v) is 7.44.